The van der Waals surface area contributed by atoms with Crippen LogP contribution in [0.2, 0.25) is 0 Å². The number of rotatable bonds is 4. The van der Waals surface area contributed by atoms with Crippen molar-refractivity contribution < 1.29 is 4.74 Å². The van der Waals surface area contributed by atoms with Crippen molar-refractivity contribution in [2.24, 2.45) is 0 Å². The smallest absolute Gasteiger partial charge is 0.215 e. The van der Waals surface area contributed by atoms with Gasteiger partial charge in [0.2, 0.25) is 5.88 Å². The Labute approximate surface area is 114 Å². The van der Waals surface area contributed by atoms with Crippen molar-refractivity contribution in [1.29, 1.82) is 0 Å². The number of nitrogens with zero attached hydrogens (tertiary/aromatic N) is 3. The molecule has 0 aliphatic carbocycles. The van der Waals surface area contributed by atoms with Crippen molar-refractivity contribution in [2.75, 3.05) is 50.8 Å². The van der Waals surface area contributed by atoms with E-state index in [2.05, 4.69) is 26.2 Å². The molecule has 1 aromatic heterocycles. The summed E-state index contributed by atoms with van der Waals surface area (Å²) in [6.45, 7) is 9.41. The van der Waals surface area contributed by atoms with Gasteiger partial charge in [-0.1, -0.05) is 6.07 Å². The summed E-state index contributed by atoms with van der Waals surface area (Å²) in [5, 5.41) is 3.40. The highest BCUT2D eigenvalue weighted by molar-refractivity contribution is 5.44. The summed E-state index contributed by atoms with van der Waals surface area (Å²) in [5.41, 5.74) is 0. The van der Waals surface area contributed by atoms with Crippen molar-refractivity contribution in [3.8, 4) is 5.88 Å². The van der Waals surface area contributed by atoms with Crippen LogP contribution in [0.3, 0.4) is 0 Å². The van der Waals surface area contributed by atoms with Gasteiger partial charge < -0.3 is 15.0 Å². The molecule has 5 heteroatoms. The number of ether oxygens (including phenoxy) is 1. The second kappa shape index (κ2) is 5.75. The zero-order chi connectivity index (χ0) is 13.1. The van der Waals surface area contributed by atoms with Crippen LogP contribution in [0, 0.1) is 0 Å². The van der Waals surface area contributed by atoms with Crippen LogP contribution in [0.15, 0.2) is 18.2 Å². The lowest BCUT2D eigenvalue weighted by Crippen LogP contribution is -2.63. The zero-order valence-corrected chi connectivity index (χ0v) is 11.5. The van der Waals surface area contributed by atoms with Gasteiger partial charge in [0.25, 0.3) is 0 Å². The molecule has 19 heavy (non-hydrogen) atoms. The minimum Gasteiger partial charge on any atom is -0.478 e. The SMILES string of the molecule is CCOc1cccc(N2CC(N3CCNCC3)C2)n1. The molecule has 2 aliphatic heterocycles. The van der Waals surface area contributed by atoms with Gasteiger partial charge in [-0.3, -0.25) is 4.90 Å². The van der Waals surface area contributed by atoms with Gasteiger partial charge in [-0.05, 0) is 13.0 Å². The van der Waals surface area contributed by atoms with Crippen LogP contribution in [0.1, 0.15) is 6.92 Å². The molecule has 0 bridgehead atoms. The lowest BCUT2D eigenvalue weighted by atomic mass is 10.1. The van der Waals surface area contributed by atoms with E-state index in [0.29, 0.717) is 12.6 Å². The fourth-order valence-electron chi connectivity index (χ4n) is 2.73. The number of piperazine rings is 1. The standard InChI is InChI=1S/C14H22N4O/c1-2-19-14-5-3-4-13(16-14)18-10-12(11-18)17-8-6-15-7-9-17/h3-5,12,15H,2,6-11H2,1H3. The molecule has 0 radical (unpaired) electrons. The Balaban J connectivity index is 1.56. The molecule has 5 nitrogen and oxygen atoms in total. The maximum atomic E-state index is 5.45. The highest BCUT2D eigenvalue weighted by atomic mass is 16.5. The Kier molecular flexibility index (Phi) is 3.84. The Morgan fingerprint density at radius 3 is 2.84 bits per heavy atom. The van der Waals surface area contributed by atoms with E-state index in [1.807, 2.05) is 19.1 Å². The van der Waals surface area contributed by atoms with Gasteiger partial charge in [0.1, 0.15) is 5.82 Å². The lowest BCUT2D eigenvalue weighted by molar-refractivity contribution is 0.147. The van der Waals surface area contributed by atoms with Crippen LogP contribution in [-0.4, -0.2) is 61.8 Å². The first-order valence-corrected chi connectivity index (χ1v) is 7.16. The molecule has 0 atom stereocenters. The summed E-state index contributed by atoms with van der Waals surface area (Å²) in [6.07, 6.45) is 0. The number of aromatic nitrogens is 1. The highest BCUT2D eigenvalue weighted by Crippen LogP contribution is 2.23. The van der Waals surface area contributed by atoms with Crippen LogP contribution in [0.4, 0.5) is 5.82 Å². The number of pyridine rings is 1. The second-order valence-corrected chi connectivity index (χ2v) is 5.11. The first-order chi connectivity index (χ1) is 9.36. The van der Waals surface area contributed by atoms with Crippen LogP contribution in [0.25, 0.3) is 0 Å². The van der Waals surface area contributed by atoms with Crippen LogP contribution in [-0.2, 0) is 0 Å². The third-order valence-corrected chi connectivity index (χ3v) is 3.86. The third kappa shape index (κ3) is 2.82. The van der Waals surface area contributed by atoms with E-state index in [9.17, 15) is 0 Å². The normalized spacial score (nSPS) is 21.2. The maximum Gasteiger partial charge on any atom is 0.215 e. The van der Waals surface area contributed by atoms with E-state index >= 15 is 0 Å². The van der Waals surface area contributed by atoms with Gasteiger partial charge in [0, 0.05) is 51.4 Å². The van der Waals surface area contributed by atoms with E-state index in [4.69, 9.17) is 4.74 Å². The molecule has 0 unspecified atom stereocenters. The predicted molar refractivity (Wildman–Crippen MR) is 75.8 cm³/mol. The zero-order valence-electron chi connectivity index (χ0n) is 11.5. The van der Waals surface area contributed by atoms with Gasteiger partial charge in [-0.15, -0.1) is 0 Å². The van der Waals surface area contributed by atoms with Crippen LogP contribution >= 0.6 is 0 Å². The van der Waals surface area contributed by atoms with E-state index in [-0.39, 0.29) is 0 Å². The predicted octanol–water partition coefficient (Wildman–Crippen LogP) is 0.574. The number of anilines is 1. The molecule has 0 amide bonds. The summed E-state index contributed by atoms with van der Waals surface area (Å²) in [5.74, 6) is 1.77. The molecule has 0 saturated carbocycles. The van der Waals surface area contributed by atoms with Gasteiger partial charge in [-0.2, -0.15) is 4.98 Å². The Morgan fingerprint density at radius 2 is 2.11 bits per heavy atom. The number of hydrogen-bond donors (Lipinski definition) is 1. The van der Waals surface area contributed by atoms with Gasteiger partial charge in [0.15, 0.2) is 0 Å². The largest absolute Gasteiger partial charge is 0.478 e. The average Bonchev–Trinajstić information content (AvgIpc) is 2.39. The highest BCUT2D eigenvalue weighted by Gasteiger charge is 2.33. The molecule has 104 valence electrons. The molecule has 3 rings (SSSR count). The molecule has 1 aromatic rings. The van der Waals surface area contributed by atoms with Gasteiger partial charge in [0.05, 0.1) is 6.61 Å². The number of nitrogens with one attached hydrogen (secondary N) is 1. The molecule has 2 fully saturated rings. The second-order valence-electron chi connectivity index (χ2n) is 5.11. The number of hydrogen-bond acceptors (Lipinski definition) is 5. The van der Waals surface area contributed by atoms with Crippen LogP contribution in [0.5, 0.6) is 5.88 Å². The third-order valence-electron chi connectivity index (χ3n) is 3.86. The fraction of sp³-hybridized carbons (Fsp3) is 0.643. The Bertz CT molecular complexity index is 414. The van der Waals surface area contributed by atoms with E-state index in [1.165, 1.54) is 13.1 Å². The molecular formula is C14H22N4O. The molecule has 2 saturated heterocycles. The summed E-state index contributed by atoms with van der Waals surface area (Å²) >= 11 is 0. The first kappa shape index (κ1) is 12.7. The first-order valence-electron chi connectivity index (χ1n) is 7.16. The summed E-state index contributed by atoms with van der Waals surface area (Å²) < 4.78 is 5.45. The topological polar surface area (TPSA) is 40.6 Å². The summed E-state index contributed by atoms with van der Waals surface area (Å²) in [4.78, 5) is 9.45. The van der Waals surface area contributed by atoms with Crippen molar-refractivity contribution in [2.45, 2.75) is 13.0 Å². The molecule has 2 aliphatic rings. The average molecular weight is 262 g/mol. The summed E-state index contributed by atoms with van der Waals surface area (Å²) in [7, 11) is 0. The Morgan fingerprint density at radius 1 is 1.32 bits per heavy atom. The van der Waals surface area contributed by atoms with Gasteiger partial charge in [-0.25, -0.2) is 0 Å². The quantitative estimate of drug-likeness (QED) is 0.859. The van der Waals surface area contributed by atoms with E-state index in [1.54, 1.807) is 0 Å². The van der Waals surface area contributed by atoms with Crippen LogP contribution < -0.4 is 15.0 Å². The van der Waals surface area contributed by atoms with Crippen molar-refractivity contribution >= 4 is 5.82 Å². The van der Waals surface area contributed by atoms with Crippen molar-refractivity contribution in [1.82, 2.24) is 15.2 Å². The molecular weight excluding hydrogens is 240 g/mol. The lowest BCUT2D eigenvalue weighted by Gasteiger charge is -2.47. The monoisotopic (exact) mass is 262 g/mol. The van der Waals surface area contributed by atoms with Crippen molar-refractivity contribution in [3.05, 3.63) is 18.2 Å². The summed E-state index contributed by atoms with van der Waals surface area (Å²) in [6, 6.07) is 6.70. The minimum absolute atomic E-state index is 0.667. The molecule has 0 aromatic carbocycles. The molecule has 3 heterocycles. The molecule has 1 N–H and O–H groups in total. The Hall–Kier alpha value is -1.33. The van der Waals surface area contributed by atoms with E-state index in [0.717, 1.165) is 37.9 Å². The fourth-order valence-corrected chi connectivity index (χ4v) is 2.73. The molecule has 0 spiro atoms. The minimum atomic E-state index is 0.667. The van der Waals surface area contributed by atoms with Crippen molar-refractivity contribution in [3.63, 3.8) is 0 Å². The van der Waals surface area contributed by atoms with E-state index < -0.39 is 0 Å². The van der Waals surface area contributed by atoms with Gasteiger partial charge >= 0.3 is 0 Å². The maximum absolute atomic E-state index is 5.45.